The fourth-order valence-corrected chi connectivity index (χ4v) is 4.22. The van der Waals surface area contributed by atoms with Crippen LogP contribution in [0, 0.1) is 22.5 Å². The maximum atomic E-state index is 15.0. The summed E-state index contributed by atoms with van der Waals surface area (Å²) < 4.78 is 55.4. The normalized spacial score (nSPS) is 12.5. The van der Waals surface area contributed by atoms with Crippen molar-refractivity contribution >= 4 is 45.0 Å². The van der Waals surface area contributed by atoms with Crippen molar-refractivity contribution < 1.29 is 22.0 Å². The highest BCUT2D eigenvalue weighted by atomic mass is 32.2. The van der Waals surface area contributed by atoms with E-state index in [-0.39, 0.29) is 22.3 Å². The number of hydrogen-bond donors (Lipinski definition) is 4. The van der Waals surface area contributed by atoms with Crippen LogP contribution in [0.25, 0.3) is 11.0 Å². The Hall–Kier alpha value is -3.47. The maximum absolute atomic E-state index is 15.0. The molecule has 0 aliphatic heterocycles. The molecule has 3 aromatic rings. The highest BCUT2D eigenvalue weighted by Gasteiger charge is 2.26. The molecule has 0 aliphatic rings. The van der Waals surface area contributed by atoms with E-state index in [2.05, 4.69) is 9.97 Å². The fourth-order valence-electron chi connectivity index (χ4n) is 3.09. The van der Waals surface area contributed by atoms with Crippen molar-refractivity contribution in [2.75, 3.05) is 10.5 Å². The Kier molecular flexibility index (Phi) is 6.25. The first-order valence-corrected chi connectivity index (χ1v) is 10.9. The van der Waals surface area contributed by atoms with Gasteiger partial charge in [0.1, 0.15) is 11.5 Å². The molecule has 0 saturated carbocycles. The van der Waals surface area contributed by atoms with Gasteiger partial charge in [-0.2, -0.15) is 0 Å². The minimum Gasteiger partial charge on any atom is -0.345 e. The Labute approximate surface area is 176 Å². The van der Waals surface area contributed by atoms with Gasteiger partial charge < -0.3 is 15.8 Å². The number of aromatic amines is 1. The molecule has 0 amide bonds. The van der Waals surface area contributed by atoms with Gasteiger partial charge in [0.2, 0.25) is 15.8 Å². The van der Waals surface area contributed by atoms with E-state index in [0.29, 0.717) is 12.0 Å². The number of H-pyrrole nitrogens is 1. The lowest BCUT2D eigenvalue weighted by Crippen LogP contribution is -2.18. The zero-order valence-electron chi connectivity index (χ0n) is 16.4. The average molecular weight is 447 g/mol. The topological polar surface area (TPSA) is 140 Å². The molecule has 11 heteroatoms. The Morgan fingerprint density at radius 1 is 1.29 bits per heavy atom. The van der Waals surface area contributed by atoms with Gasteiger partial charge in [0.25, 0.3) is 0 Å². The van der Waals surface area contributed by atoms with Gasteiger partial charge in [-0.3, -0.25) is 9.52 Å². The molecule has 0 unspecified atom stereocenters. The highest BCUT2D eigenvalue weighted by molar-refractivity contribution is 7.92. The summed E-state index contributed by atoms with van der Waals surface area (Å²) in [6.45, 7) is 1.63. The first kappa shape index (κ1) is 22.2. The summed E-state index contributed by atoms with van der Waals surface area (Å²) in [6, 6.07) is 3.25. The third-order valence-corrected chi connectivity index (χ3v) is 6.07. The number of aromatic nitrogens is 2. The maximum Gasteiger partial charge on any atom is 0.232 e. The number of pyridine rings is 1. The van der Waals surface area contributed by atoms with Crippen molar-refractivity contribution in [3.8, 4) is 0 Å². The van der Waals surface area contributed by atoms with Crippen LogP contribution in [0.2, 0.25) is 0 Å². The minimum absolute atomic E-state index is 0.0792. The summed E-state index contributed by atoms with van der Waals surface area (Å²) >= 11 is 0. The summed E-state index contributed by atoms with van der Waals surface area (Å²) in [5.74, 6) is -4.39. The smallest absolute Gasteiger partial charge is 0.232 e. The van der Waals surface area contributed by atoms with Crippen molar-refractivity contribution in [1.29, 1.82) is 10.8 Å². The van der Waals surface area contributed by atoms with E-state index in [9.17, 15) is 22.0 Å². The number of carbonyl (C=O) groups excluding carboxylic acids is 1. The van der Waals surface area contributed by atoms with Crippen LogP contribution in [0.3, 0.4) is 0 Å². The van der Waals surface area contributed by atoms with Crippen molar-refractivity contribution in [2.24, 2.45) is 0 Å². The van der Waals surface area contributed by atoms with Crippen molar-refractivity contribution in [3.05, 3.63) is 58.9 Å². The quantitative estimate of drug-likeness (QED) is 0.294. The standard InChI is InChI=1S/C20H19F2N5O3S/c1-2-5-31(29,30)27-16-4-3-15(21)17(18(16)22)19(28)14-10-26-20-13(14)6-11(9-25-20)12(7-23)8-24/h3-4,6-10,12,23-24,27H,2,5H2,1H3,(H,25,26). The Bertz CT molecular complexity index is 1280. The minimum atomic E-state index is -3.85. The Morgan fingerprint density at radius 2 is 2.00 bits per heavy atom. The molecule has 0 aliphatic carbocycles. The number of nitrogens with zero attached hydrogens (tertiary/aromatic N) is 1. The van der Waals surface area contributed by atoms with Crippen LogP contribution in [0.15, 0.2) is 30.6 Å². The van der Waals surface area contributed by atoms with Crippen molar-refractivity contribution in [1.82, 2.24) is 9.97 Å². The van der Waals surface area contributed by atoms with Crippen LogP contribution in [0.5, 0.6) is 0 Å². The number of hydrogen-bond acceptors (Lipinski definition) is 6. The van der Waals surface area contributed by atoms with E-state index >= 15 is 0 Å². The molecule has 0 atom stereocenters. The summed E-state index contributed by atoms with van der Waals surface area (Å²) in [5.41, 5.74) is -0.776. The predicted octanol–water partition coefficient (Wildman–Crippen LogP) is 3.61. The molecule has 0 fully saturated rings. The molecular formula is C20H19F2N5O3S. The van der Waals surface area contributed by atoms with Crippen molar-refractivity contribution in [2.45, 2.75) is 19.3 Å². The molecule has 0 radical (unpaired) electrons. The molecule has 31 heavy (non-hydrogen) atoms. The molecule has 8 nitrogen and oxygen atoms in total. The lowest BCUT2D eigenvalue weighted by Gasteiger charge is -2.11. The molecule has 2 aromatic heterocycles. The number of fused-ring (bicyclic) bond motifs is 1. The summed E-state index contributed by atoms with van der Waals surface area (Å²) in [7, 11) is -3.85. The van der Waals surface area contributed by atoms with Crippen LogP contribution in [-0.4, -0.2) is 42.4 Å². The van der Waals surface area contributed by atoms with E-state index in [1.807, 2.05) is 4.72 Å². The molecule has 0 saturated heterocycles. The SMILES string of the molecule is CCCS(=O)(=O)Nc1ccc(F)c(C(=O)c2c[nH]c3ncc(C(C=N)C=N)cc23)c1F. The highest BCUT2D eigenvalue weighted by Crippen LogP contribution is 2.28. The number of rotatable bonds is 9. The molecule has 3 rings (SSSR count). The first-order valence-electron chi connectivity index (χ1n) is 9.23. The second-order valence-electron chi connectivity index (χ2n) is 6.76. The molecule has 4 N–H and O–H groups in total. The lowest BCUT2D eigenvalue weighted by molar-refractivity contribution is 0.103. The van der Waals surface area contributed by atoms with E-state index < -0.39 is 44.6 Å². The van der Waals surface area contributed by atoms with Gasteiger partial charge in [0.05, 0.1) is 22.9 Å². The molecule has 1 aromatic carbocycles. The largest absolute Gasteiger partial charge is 0.345 e. The Balaban J connectivity index is 2.10. The van der Waals surface area contributed by atoms with E-state index in [1.165, 1.54) is 18.5 Å². The summed E-state index contributed by atoms with van der Waals surface area (Å²) in [4.78, 5) is 19.9. The summed E-state index contributed by atoms with van der Waals surface area (Å²) in [5, 5.41) is 15.0. The number of carbonyl (C=O) groups is 1. The molecular weight excluding hydrogens is 428 g/mol. The third-order valence-electron chi connectivity index (χ3n) is 4.60. The zero-order chi connectivity index (χ0) is 22.8. The van der Waals surface area contributed by atoms with E-state index in [1.54, 1.807) is 6.92 Å². The second-order valence-corrected chi connectivity index (χ2v) is 8.60. The van der Waals surface area contributed by atoms with Gasteiger partial charge in [-0.15, -0.1) is 0 Å². The van der Waals surface area contributed by atoms with Gasteiger partial charge in [-0.1, -0.05) is 6.92 Å². The van der Waals surface area contributed by atoms with Crippen molar-refractivity contribution in [3.63, 3.8) is 0 Å². The van der Waals surface area contributed by atoms with E-state index in [0.717, 1.165) is 24.6 Å². The number of nitrogens with one attached hydrogen (secondary N) is 4. The van der Waals surface area contributed by atoms with Crippen LogP contribution < -0.4 is 4.72 Å². The zero-order valence-corrected chi connectivity index (χ0v) is 17.2. The number of ketones is 1. The predicted molar refractivity (Wildman–Crippen MR) is 114 cm³/mol. The van der Waals surface area contributed by atoms with Gasteiger partial charge in [0.15, 0.2) is 5.82 Å². The second kappa shape index (κ2) is 8.72. The fraction of sp³-hybridized carbons (Fsp3) is 0.200. The lowest BCUT2D eigenvalue weighted by atomic mass is 9.98. The van der Waals surface area contributed by atoms with Crippen LogP contribution in [-0.2, 0) is 10.0 Å². The first-order chi connectivity index (χ1) is 14.7. The average Bonchev–Trinajstić information content (AvgIpc) is 3.14. The molecule has 162 valence electrons. The number of anilines is 1. The number of benzene rings is 1. The van der Waals surface area contributed by atoms with Crippen LogP contribution in [0.4, 0.5) is 14.5 Å². The van der Waals surface area contributed by atoms with Gasteiger partial charge >= 0.3 is 0 Å². The monoisotopic (exact) mass is 447 g/mol. The van der Waals surface area contributed by atoms with Crippen LogP contribution in [0.1, 0.15) is 40.7 Å². The molecule has 2 heterocycles. The summed E-state index contributed by atoms with van der Waals surface area (Å²) in [6.07, 6.45) is 5.02. The third kappa shape index (κ3) is 4.36. The molecule has 0 bridgehead atoms. The van der Waals surface area contributed by atoms with Crippen LogP contribution >= 0.6 is 0 Å². The number of halogens is 2. The van der Waals surface area contributed by atoms with Gasteiger partial charge in [-0.25, -0.2) is 22.2 Å². The Morgan fingerprint density at radius 3 is 2.65 bits per heavy atom. The number of sulfonamides is 1. The van der Waals surface area contributed by atoms with Gasteiger partial charge in [-0.05, 0) is 30.2 Å². The molecule has 0 spiro atoms. The van der Waals surface area contributed by atoms with E-state index in [4.69, 9.17) is 10.8 Å². The van der Waals surface area contributed by atoms with Gasteiger partial charge in [0, 0.05) is 35.8 Å².